The van der Waals surface area contributed by atoms with Crippen LogP contribution in [0.4, 0.5) is 4.39 Å². The van der Waals surface area contributed by atoms with Crippen molar-refractivity contribution in [2.45, 2.75) is 33.2 Å². The number of halogens is 1. The molecular formula is C18H22FN. The summed E-state index contributed by atoms with van der Waals surface area (Å²) in [5.74, 6) is -0.162. The average Bonchev–Trinajstić information content (AvgIpc) is 2.37. The third-order valence-electron chi connectivity index (χ3n) is 3.50. The van der Waals surface area contributed by atoms with E-state index in [4.69, 9.17) is 0 Å². The highest BCUT2D eigenvalue weighted by molar-refractivity contribution is 5.30. The second kappa shape index (κ2) is 6.67. The molecule has 0 saturated heterocycles. The zero-order valence-corrected chi connectivity index (χ0v) is 12.4. The number of aryl methyl sites for hydroxylation is 2. The van der Waals surface area contributed by atoms with Crippen LogP contribution in [0.25, 0.3) is 0 Å². The van der Waals surface area contributed by atoms with Crippen LogP contribution in [0.3, 0.4) is 0 Å². The molecule has 1 unspecified atom stereocenters. The fourth-order valence-corrected chi connectivity index (χ4v) is 2.50. The van der Waals surface area contributed by atoms with Crippen molar-refractivity contribution in [3.63, 3.8) is 0 Å². The van der Waals surface area contributed by atoms with Crippen molar-refractivity contribution in [3.8, 4) is 0 Å². The van der Waals surface area contributed by atoms with Crippen LogP contribution in [-0.2, 0) is 6.42 Å². The van der Waals surface area contributed by atoms with Crippen molar-refractivity contribution < 1.29 is 4.39 Å². The van der Waals surface area contributed by atoms with Gasteiger partial charge in [0, 0.05) is 6.04 Å². The van der Waals surface area contributed by atoms with E-state index >= 15 is 0 Å². The van der Waals surface area contributed by atoms with Gasteiger partial charge in [0.1, 0.15) is 5.82 Å². The first-order valence-electron chi connectivity index (χ1n) is 7.10. The van der Waals surface area contributed by atoms with E-state index in [2.05, 4.69) is 44.3 Å². The largest absolute Gasteiger partial charge is 0.310 e. The van der Waals surface area contributed by atoms with E-state index in [1.165, 1.54) is 22.8 Å². The Morgan fingerprint density at radius 2 is 1.75 bits per heavy atom. The number of benzene rings is 2. The molecule has 0 radical (unpaired) electrons. The average molecular weight is 271 g/mol. The maximum absolute atomic E-state index is 13.1. The molecule has 0 amide bonds. The molecule has 2 heteroatoms. The third-order valence-corrected chi connectivity index (χ3v) is 3.50. The van der Waals surface area contributed by atoms with E-state index in [1.54, 1.807) is 12.1 Å². The Morgan fingerprint density at radius 1 is 1.05 bits per heavy atom. The van der Waals surface area contributed by atoms with Crippen LogP contribution in [0.5, 0.6) is 0 Å². The Balaban J connectivity index is 1.90. The Bertz CT molecular complexity index is 557. The van der Waals surface area contributed by atoms with Gasteiger partial charge >= 0.3 is 0 Å². The van der Waals surface area contributed by atoms with E-state index in [0.29, 0.717) is 6.04 Å². The van der Waals surface area contributed by atoms with Gasteiger partial charge in [0.05, 0.1) is 0 Å². The summed E-state index contributed by atoms with van der Waals surface area (Å²) in [5.41, 5.74) is 4.92. The molecule has 0 saturated carbocycles. The van der Waals surface area contributed by atoms with Crippen molar-refractivity contribution in [3.05, 3.63) is 70.5 Å². The molecule has 2 aromatic carbocycles. The second-order valence-corrected chi connectivity index (χ2v) is 5.48. The molecule has 0 fully saturated rings. The van der Waals surface area contributed by atoms with Crippen LogP contribution in [0.1, 0.15) is 35.2 Å². The van der Waals surface area contributed by atoms with E-state index in [1.807, 2.05) is 6.07 Å². The molecule has 0 spiro atoms. The number of nitrogens with one attached hydrogen (secondary N) is 1. The molecule has 2 rings (SSSR count). The summed E-state index contributed by atoms with van der Waals surface area (Å²) >= 11 is 0. The minimum absolute atomic E-state index is 0.162. The maximum atomic E-state index is 13.1. The maximum Gasteiger partial charge on any atom is 0.123 e. The van der Waals surface area contributed by atoms with Crippen molar-refractivity contribution in [1.82, 2.24) is 5.32 Å². The molecule has 0 aliphatic rings. The highest BCUT2D eigenvalue weighted by atomic mass is 19.1. The highest BCUT2D eigenvalue weighted by Crippen LogP contribution is 2.16. The van der Waals surface area contributed by atoms with Gasteiger partial charge in [0.2, 0.25) is 0 Å². The second-order valence-electron chi connectivity index (χ2n) is 5.48. The first-order valence-corrected chi connectivity index (χ1v) is 7.10. The number of rotatable bonds is 5. The first-order chi connectivity index (χ1) is 9.54. The molecule has 0 aliphatic carbocycles. The molecule has 1 N–H and O–H groups in total. The molecule has 106 valence electrons. The summed E-state index contributed by atoms with van der Waals surface area (Å²) in [6, 6.07) is 13.7. The lowest BCUT2D eigenvalue weighted by Gasteiger charge is -2.16. The SMILES string of the molecule is Cc1cc(C)cc(C(C)NCCc2cccc(F)c2)c1. The summed E-state index contributed by atoms with van der Waals surface area (Å²) in [5, 5.41) is 3.50. The zero-order valence-electron chi connectivity index (χ0n) is 12.4. The van der Waals surface area contributed by atoms with Crippen LogP contribution >= 0.6 is 0 Å². The van der Waals surface area contributed by atoms with E-state index in [-0.39, 0.29) is 5.82 Å². The van der Waals surface area contributed by atoms with Gasteiger partial charge in [-0.05, 0) is 57.0 Å². The molecule has 0 heterocycles. The van der Waals surface area contributed by atoms with E-state index in [0.717, 1.165) is 18.5 Å². The third kappa shape index (κ3) is 4.17. The highest BCUT2D eigenvalue weighted by Gasteiger charge is 2.06. The normalized spacial score (nSPS) is 12.4. The topological polar surface area (TPSA) is 12.0 Å². The molecule has 0 aliphatic heterocycles. The Kier molecular flexibility index (Phi) is 4.91. The van der Waals surface area contributed by atoms with Gasteiger partial charge in [-0.2, -0.15) is 0 Å². The Morgan fingerprint density at radius 3 is 2.40 bits per heavy atom. The van der Waals surface area contributed by atoms with Gasteiger partial charge in [0.25, 0.3) is 0 Å². The predicted octanol–water partition coefficient (Wildman–Crippen LogP) is 4.34. The van der Waals surface area contributed by atoms with E-state index in [9.17, 15) is 4.39 Å². The van der Waals surface area contributed by atoms with Crippen molar-refractivity contribution in [1.29, 1.82) is 0 Å². The van der Waals surface area contributed by atoms with Crippen molar-refractivity contribution in [2.24, 2.45) is 0 Å². The molecular weight excluding hydrogens is 249 g/mol. The molecule has 0 bridgehead atoms. The molecule has 0 aromatic heterocycles. The van der Waals surface area contributed by atoms with Crippen molar-refractivity contribution in [2.75, 3.05) is 6.54 Å². The predicted molar refractivity (Wildman–Crippen MR) is 82.4 cm³/mol. The first kappa shape index (κ1) is 14.7. The monoisotopic (exact) mass is 271 g/mol. The lowest BCUT2D eigenvalue weighted by atomic mass is 10.0. The van der Waals surface area contributed by atoms with Crippen LogP contribution in [0.2, 0.25) is 0 Å². The smallest absolute Gasteiger partial charge is 0.123 e. The molecule has 2 aromatic rings. The minimum Gasteiger partial charge on any atom is -0.310 e. The van der Waals surface area contributed by atoms with Crippen LogP contribution in [-0.4, -0.2) is 6.54 Å². The van der Waals surface area contributed by atoms with Gasteiger partial charge in [-0.1, -0.05) is 41.5 Å². The van der Waals surface area contributed by atoms with Crippen LogP contribution in [0.15, 0.2) is 42.5 Å². The van der Waals surface area contributed by atoms with Gasteiger partial charge in [-0.15, -0.1) is 0 Å². The fourth-order valence-electron chi connectivity index (χ4n) is 2.50. The summed E-state index contributed by atoms with van der Waals surface area (Å²) < 4.78 is 13.1. The zero-order chi connectivity index (χ0) is 14.5. The molecule has 1 atom stereocenters. The standard InChI is InChI=1S/C18H22FN/c1-13-9-14(2)11-17(10-13)15(3)20-8-7-16-5-4-6-18(19)12-16/h4-6,9-12,15,20H,7-8H2,1-3H3. The fraction of sp³-hybridized carbons (Fsp3) is 0.333. The van der Waals surface area contributed by atoms with Gasteiger partial charge in [0.15, 0.2) is 0 Å². The lowest BCUT2D eigenvalue weighted by Crippen LogP contribution is -2.21. The Labute approximate surface area is 120 Å². The molecule has 1 nitrogen and oxygen atoms in total. The quantitative estimate of drug-likeness (QED) is 0.853. The summed E-state index contributed by atoms with van der Waals surface area (Å²) in [6.45, 7) is 7.25. The summed E-state index contributed by atoms with van der Waals surface area (Å²) in [4.78, 5) is 0. The van der Waals surface area contributed by atoms with Gasteiger partial charge in [-0.25, -0.2) is 4.39 Å². The van der Waals surface area contributed by atoms with Crippen LogP contribution < -0.4 is 5.32 Å². The lowest BCUT2D eigenvalue weighted by molar-refractivity contribution is 0.574. The van der Waals surface area contributed by atoms with Gasteiger partial charge < -0.3 is 5.32 Å². The van der Waals surface area contributed by atoms with Crippen LogP contribution in [0, 0.1) is 19.7 Å². The summed E-state index contributed by atoms with van der Waals surface area (Å²) in [7, 11) is 0. The Hall–Kier alpha value is -1.67. The minimum atomic E-state index is -0.162. The number of hydrogen-bond donors (Lipinski definition) is 1. The molecule has 20 heavy (non-hydrogen) atoms. The van der Waals surface area contributed by atoms with Crippen molar-refractivity contribution >= 4 is 0 Å². The van der Waals surface area contributed by atoms with Gasteiger partial charge in [-0.3, -0.25) is 0 Å². The summed E-state index contributed by atoms with van der Waals surface area (Å²) in [6.07, 6.45) is 0.840. The number of hydrogen-bond acceptors (Lipinski definition) is 1. The van der Waals surface area contributed by atoms with E-state index < -0.39 is 0 Å².